The molecule has 0 bridgehead atoms. The molecule has 144 valence electrons. The van der Waals surface area contributed by atoms with E-state index < -0.39 is 5.60 Å². The van der Waals surface area contributed by atoms with Crippen LogP contribution in [0.5, 0.6) is 11.5 Å². The Morgan fingerprint density at radius 1 is 0.962 bits per heavy atom. The topological polar surface area (TPSA) is 68.3 Å². The van der Waals surface area contributed by atoms with E-state index in [9.17, 15) is 9.59 Å². The smallest absolute Gasteiger partial charge is 0.320 e. The molecule has 0 saturated carbocycles. The van der Waals surface area contributed by atoms with E-state index in [4.69, 9.17) is 14.2 Å². The van der Waals surface area contributed by atoms with Gasteiger partial charge >= 0.3 is 5.97 Å². The van der Waals surface area contributed by atoms with E-state index in [-0.39, 0.29) is 18.4 Å². The summed E-state index contributed by atoms with van der Waals surface area (Å²) in [5.74, 6) is 0.849. The van der Waals surface area contributed by atoms with Crippen molar-refractivity contribution in [1.82, 2.24) is 9.80 Å². The number of benzene rings is 1. The number of amides is 1. The van der Waals surface area contributed by atoms with E-state index in [0.717, 1.165) is 0 Å². The van der Waals surface area contributed by atoms with Gasteiger partial charge in [0, 0.05) is 37.8 Å². The molecule has 0 radical (unpaired) electrons. The SMILES string of the molecule is COc1cc(OC)cc(C(=O)N2CCN(CC(=O)OC(C)(C)C)CC2)c1. The van der Waals surface area contributed by atoms with E-state index in [1.807, 2.05) is 25.7 Å². The molecule has 7 nitrogen and oxygen atoms in total. The average Bonchev–Trinajstić information content (AvgIpc) is 2.59. The molecule has 0 N–H and O–H groups in total. The van der Waals surface area contributed by atoms with Gasteiger partial charge in [0.05, 0.1) is 20.8 Å². The summed E-state index contributed by atoms with van der Waals surface area (Å²) in [6.07, 6.45) is 0. The zero-order valence-electron chi connectivity index (χ0n) is 16.2. The van der Waals surface area contributed by atoms with Gasteiger partial charge in [0.25, 0.3) is 5.91 Å². The van der Waals surface area contributed by atoms with Crippen LogP contribution in [-0.4, -0.2) is 74.2 Å². The highest BCUT2D eigenvalue weighted by atomic mass is 16.6. The van der Waals surface area contributed by atoms with E-state index in [1.165, 1.54) is 0 Å². The van der Waals surface area contributed by atoms with Gasteiger partial charge in [-0.05, 0) is 32.9 Å². The molecule has 1 aliphatic heterocycles. The van der Waals surface area contributed by atoms with E-state index >= 15 is 0 Å². The lowest BCUT2D eigenvalue weighted by Gasteiger charge is -2.34. The molecular weight excluding hydrogens is 336 g/mol. The highest BCUT2D eigenvalue weighted by molar-refractivity contribution is 5.95. The number of hydrogen-bond acceptors (Lipinski definition) is 6. The van der Waals surface area contributed by atoms with Crippen LogP contribution >= 0.6 is 0 Å². The minimum Gasteiger partial charge on any atom is -0.497 e. The van der Waals surface area contributed by atoms with Gasteiger partial charge in [0.15, 0.2) is 0 Å². The third kappa shape index (κ3) is 5.62. The van der Waals surface area contributed by atoms with Crippen molar-refractivity contribution in [2.45, 2.75) is 26.4 Å². The number of ether oxygens (including phenoxy) is 3. The maximum absolute atomic E-state index is 12.8. The number of esters is 1. The third-order valence-electron chi connectivity index (χ3n) is 4.03. The number of piperazine rings is 1. The molecule has 1 fully saturated rings. The summed E-state index contributed by atoms with van der Waals surface area (Å²) in [5.41, 5.74) is 0.0436. The molecule has 7 heteroatoms. The molecular formula is C19H28N2O5. The largest absolute Gasteiger partial charge is 0.497 e. The second kappa shape index (κ2) is 8.40. The average molecular weight is 364 g/mol. The summed E-state index contributed by atoms with van der Waals surface area (Å²) in [7, 11) is 3.11. The third-order valence-corrected chi connectivity index (χ3v) is 4.03. The highest BCUT2D eigenvalue weighted by Crippen LogP contribution is 2.23. The molecule has 1 heterocycles. The van der Waals surface area contributed by atoms with Crippen molar-refractivity contribution in [1.29, 1.82) is 0 Å². The first-order valence-electron chi connectivity index (χ1n) is 8.68. The van der Waals surface area contributed by atoms with Crippen molar-refractivity contribution in [2.24, 2.45) is 0 Å². The van der Waals surface area contributed by atoms with Crippen LogP contribution in [0.25, 0.3) is 0 Å². The van der Waals surface area contributed by atoms with Gasteiger partial charge in [-0.25, -0.2) is 0 Å². The molecule has 0 aliphatic carbocycles. The van der Waals surface area contributed by atoms with Crippen molar-refractivity contribution in [3.05, 3.63) is 23.8 Å². The van der Waals surface area contributed by atoms with Gasteiger partial charge in [-0.1, -0.05) is 0 Å². The number of nitrogens with zero attached hydrogens (tertiary/aromatic N) is 2. The molecule has 1 aromatic carbocycles. The lowest BCUT2D eigenvalue weighted by Crippen LogP contribution is -2.50. The Morgan fingerprint density at radius 3 is 1.96 bits per heavy atom. The van der Waals surface area contributed by atoms with E-state index in [0.29, 0.717) is 43.2 Å². The molecule has 0 aromatic heterocycles. The first-order chi connectivity index (χ1) is 12.2. The molecule has 1 saturated heterocycles. The summed E-state index contributed by atoms with van der Waals surface area (Å²) in [5, 5.41) is 0. The van der Waals surface area contributed by atoms with Crippen LogP contribution in [-0.2, 0) is 9.53 Å². The van der Waals surface area contributed by atoms with Crippen LogP contribution in [0.4, 0.5) is 0 Å². The van der Waals surface area contributed by atoms with Crippen LogP contribution < -0.4 is 9.47 Å². The Balaban J connectivity index is 1.93. The Bertz CT molecular complexity index is 624. The van der Waals surface area contributed by atoms with Crippen molar-refractivity contribution in [3.8, 4) is 11.5 Å². The first kappa shape index (κ1) is 20.0. The predicted octanol–water partition coefficient (Wildman–Crippen LogP) is 1.80. The van der Waals surface area contributed by atoms with Gasteiger partial charge < -0.3 is 19.1 Å². The zero-order chi connectivity index (χ0) is 19.3. The van der Waals surface area contributed by atoms with Crippen LogP contribution in [0.1, 0.15) is 31.1 Å². The fourth-order valence-electron chi connectivity index (χ4n) is 2.78. The van der Waals surface area contributed by atoms with Crippen molar-refractivity contribution >= 4 is 11.9 Å². The molecule has 2 rings (SSSR count). The van der Waals surface area contributed by atoms with Crippen LogP contribution in [0.3, 0.4) is 0 Å². The van der Waals surface area contributed by atoms with Crippen LogP contribution in [0.2, 0.25) is 0 Å². The quantitative estimate of drug-likeness (QED) is 0.742. The van der Waals surface area contributed by atoms with Gasteiger partial charge in [-0.15, -0.1) is 0 Å². The molecule has 1 aliphatic rings. The van der Waals surface area contributed by atoms with Crippen LogP contribution in [0, 0.1) is 0 Å². The summed E-state index contributed by atoms with van der Waals surface area (Å²) in [4.78, 5) is 28.5. The molecule has 0 spiro atoms. The van der Waals surface area contributed by atoms with Gasteiger partial charge in [0.2, 0.25) is 0 Å². The number of carbonyl (C=O) groups is 2. The molecule has 0 atom stereocenters. The zero-order valence-corrected chi connectivity index (χ0v) is 16.2. The van der Waals surface area contributed by atoms with Gasteiger partial charge in [-0.3, -0.25) is 14.5 Å². The Hall–Kier alpha value is -2.28. The summed E-state index contributed by atoms with van der Waals surface area (Å²) >= 11 is 0. The van der Waals surface area contributed by atoms with E-state index in [2.05, 4.69) is 0 Å². The highest BCUT2D eigenvalue weighted by Gasteiger charge is 2.25. The Labute approximate surface area is 154 Å². The summed E-state index contributed by atoms with van der Waals surface area (Å²) < 4.78 is 15.8. The monoisotopic (exact) mass is 364 g/mol. The fraction of sp³-hybridized carbons (Fsp3) is 0.579. The first-order valence-corrected chi connectivity index (χ1v) is 8.68. The molecule has 26 heavy (non-hydrogen) atoms. The Kier molecular flexibility index (Phi) is 6.47. The van der Waals surface area contributed by atoms with Crippen molar-refractivity contribution < 1.29 is 23.8 Å². The molecule has 0 unspecified atom stereocenters. The lowest BCUT2D eigenvalue weighted by atomic mass is 10.1. The normalized spacial score (nSPS) is 15.5. The number of methoxy groups -OCH3 is 2. The van der Waals surface area contributed by atoms with Crippen LogP contribution in [0.15, 0.2) is 18.2 Å². The van der Waals surface area contributed by atoms with Gasteiger partial charge in [-0.2, -0.15) is 0 Å². The minimum absolute atomic E-state index is 0.0703. The van der Waals surface area contributed by atoms with Crippen molar-refractivity contribution in [3.63, 3.8) is 0 Å². The predicted molar refractivity (Wildman–Crippen MR) is 97.7 cm³/mol. The second-order valence-electron chi connectivity index (χ2n) is 7.26. The summed E-state index contributed by atoms with van der Waals surface area (Å²) in [6, 6.07) is 5.14. The van der Waals surface area contributed by atoms with Gasteiger partial charge in [0.1, 0.15) is 17.1 Å². The minimum atomic E-state index is -0.486. The number of hydrogen-bond donors (Lipinski definition) is 0. The second-order valence-corrected chi connectivity index (χ2v) is 7.26. The number of carbonyl (C=O) groups excluding carboxylic acids is 2. The maximum Gasteiger partial charge on any atom is 0.320 e. The maximum atomic E-state index is 12.8. The standard InChI is InChI=1S/C19H28N2O5/c1-19(2,3)26-17(22)13-20-6-8-21(9-7-20)18(23)14-10-15(24-4)12-16(11-14)25-5/h10-12H,6-9,13H2,1-5H3. The number of rotatable bonds is 5. The molecule has 1 aromatic rings. The summed E-state index contributed by atoms with van der Waals surface area (Å²) in [6.45, 7) is 8.17. The van der Waals surface area contributed by atoms with E-state index in [1.54, 1.807) is 37.3 Å². The fourth-order valence-corrected chi connectivity index (χ4v) is 2.78. The molecule has 1 amide bonds. The Morgan fingerprint density at radius 2 is 1.50 bits per heavy atom. The van der Waals surface area contributed by atoms with Crippen molar-refractivity contribution in [2.75, 3.05) is 46.9 Å². The lowest BCUT2D eigenvalue weighted by molar-refractivity contribution is -0.156.